The van der Waals surface area contributed by atoms with E-state index in [1.165, 1.54) is 11.8 Å². The van der Waals surface area contributed by atoms with Crippen molar-refractivity contribution >= 4 is 28.6 Å². The fourth-order valence-electron chi connectivity index (χ4n) is 2.64. The monoisotopic (exact) mass is 304 g/mol. The number of hydrogen-bond donors (Lipinski definition) is 2. The van der Waals surface area contributed by atoms with Crippen molar-refractivity contribution in [3.05, 3.63) is 77.4 Å². The molecule has 3 nitrogen and oxygen atoms in total. The fourth-order valence-corrected chi connectivity index (χ4v) is 2.64. The van der Waals surface area contributed by atoms with Gasteiger partial charge in [0.1, 0.15) is 0 Å². The van der Waals surface area contributed by atoms with Gasteiger partial charge in [0.2, 0.25) is 5.91 Å². The fraction of sp³-hybridized carbons (Fsp3) is 0.100. The number of carbonyl (C=O) groups is 1. The van der Waals surface area contributed by atoms with Crippen LogP contribution in [0.3, 0.4) is 0 Å². The van der Waals surface area contributed by atoms with Gasteiger partial charge in [-0.25, -0.2) is 0 Å². The molecule has 0 heterocycles. The van der Waals surface area contributed by atoms with Crippen molar-refractivity contribution in [3.63, 3.8) is 0 Å². The normalized spacial score (nSPS) is 10.5. The molecule has 116 valence electrons. The van der Waals surface area contributed by atoms with Crippen molar-refractivity contribution in [2.24, 2.45) is 0 Å². The Morgan fingerprint density at radius 1 is 1.04 bits per heavy atom. The summed E-state index contributed by atoms with van der Waals surface area (Å²) < 4.78 is 0. The first kappa shape index (κ1) is 15.0. The van der Waals surface area contributed by atoms with Crippen molar-refractivity contribution < 1.29 is 6.22 Å². The van der Waals surface area contributed by atoms with Gasteiger partial charge in [0.25, 0.3) is 0 Å². The lowest BCUT2D eigenvalue weighted by Gasteiger charge is -2.11. The lowest BCUT2D eigenvalue weighted by molar-refractivity contribution is -0.115. The molecular formula is C20H20N2O. The van der Waals surface area contributed by atoms with E-state index in [-0.39, 0.29) is 7.33 Å². The number of rotatable bonds is 4. The van der Waals surface area contributed by atoms with Crippen LogP contribution in [-0.4, -0.2) is 12.1 Å². The van der Waals surface area contributed by atoms with Crippen molar-refractivity contribution in [1.29, 1.82) is 5.41 Å². The second-order valence-corrected chi connectivity index (χ2v) is 5.60. The molecule has 2 N–H and O–H groups in total. The van der Waals surface area contributed by atoms with Crippen LogP contribution in [0.5, 0.6) is 0 Å². The van der Waals surface area contributed by atoms with E-state index in [4.69, 9.17) is 5.41 Å². The van der Waals surface area contributed by atoms with Gasteiger partial charge in [-0.2, -0.15) is 0 Å². The molecule has 0 bridgehead atoms. The van der Waals surface area contributed by atoms with Gasteiger partial charge in [-0.05, 0) is 29.5 Å². The zero-order chi connectivity index (χ0) is 16.2. The summed E-state index contributed by atoms with van der Waals surface area (Å²) in [4.78, 5) is 12.3. The van der Waals surface area contributed by atoms with Crippen molar-refractivity contribution in [1.82, 2.24) is 0 Å². The summed E-state index contributed by atoms with van der Waals surface area (Å²) in [6.07, 6.45) is 1.68. The topological polar surface area (TPSA) is 53.0 Å². The summed E-state index contributed by atoms with van der Waals surface area (Å²) >= 11 is 0. The third-order valence-corrected chi connectivity index (χ3v) is 3.87. The number of benzene rings is 3. The van der Waals surface area contributed by atoms with Crippen molar-refractivity contribution in [3.8, 4) is 0 Å². The average Bonchev–Trinajstić information content (AvgIpc) is 2.57. The molecule has 0 saturated heterocycles. The molecule has 0 atom stereocenters. The average molecular weight is 304 g/mol. The maximum absolute atomic E-state index is 12.3. The molecule has 0 fully saturated rings. The first-order valence-electron chi connectivity index (χ1n) is 7.55. The Bertz CT molecular complexity index is 872. The highest BCUT2D eigenvalue weighted by atomic mass is 16.1. The summed E-state index contributed by atoms with van der Waals surface area (Å²) in [5.74, 6) is -0.0402. The number of hydrogen-bond acceptors (Lipinski definition) is 2. The van der Waals surface area contributed by atoms with Gasteiger partial charge in [-0.15, -0.1) is 0 Å². The summed E-state index contributed by atoms with van der Waals surface area (Å²) in [5, 5.41) is 12.4. The second kappa shape index (κ2) is 6.44. The maximum atomic E-state index is 12.3. The Morgan fingerprint density at radius 2 is 1.74 bits per heavy atom. The number of nitrogens with one attached hydrogen (secondary N) is 2. The first-order chi connectivity index (χ1) is 11.2. The van der Waals surface area contributed by atoms with E-state index in [1.807, 2.05) is 67.6 Å². The minimum Gasteiger partial charge on any atom is -0.325 e. The molecule has 0 radical (unpaired) electrons. The van der Waals surface area contributed by atoms with Crippen LogP contribution in [-0.2, 0) is 11.2 Å². The quantitative estimate of drug-likeness (QED) is 0.681. The molecule has 1 amide bonds. The van der Waals surface area contributed by atoms with E-state index in [0.29, 0.717) is 6.42 Å². The molecule has 0 aliphatic carbocycles. The lowest BCUT2D eigenvalue weighted by atomic mass is 10.0. The van der Waals surface area contributed by atoms with Gasteiger partial charge in [-0.3, -0.25) is 4.79 Å². The van der Waals surface area contributed by atoms with Crippen LogP contribution in [0.2, 0.25) is 0 Å². The standard InChI is InChI=1S/C20H18N2O.H2/c1-14-6-8-15(9-7-14)12-20(23)22-19-11-10-16(13-21)17-4-2-3-5-18(17)19;/h2-11,13,21H,12H2,1H3,(H,22,23);1H. The minimum absolute atomic E-state index is 0. The van der Waals surface area contributed by atoms with Crippen LogP contribution in [0.1, 0.15) is 18.1 Å². The smallest absolute Gasteiger partial charge is 0.228 e. The molecule has 3 heteroatoms. The van der Waals surface area contributed by atoms with Gasteiger partial charge in [-0.1, -0.05) is 60.2 Å². The van der Waals surface area contributed by atoms with Crippen LogP contribution in [0.15, 0.2) is 60.7 Å². The van der Waals surface area contributed by atoms with Gasteiger partial charge in [0, 0.05) is 18.7 Å². The van der Waals surface area contributed by atoms with Gasteiger partial charge >= 0.3 is 0 Å². The van der Waals surface area contributed by atoms with E-state index < -0.39 is 0 Å². The molecule has 0 unspecified atom stereocenters. The Balaban J connectivity index is 0.00000208. The predicted molar refractivity (Wildman–Crippen MR) is 97.5 cm³/mol. The Kier molecular flexibility index (Phi) is 4.20. The van der Waals surface area contributed by atoms with Crippen LogP contribution < -0.4 is 5.32 Å². The lowest BCUT2D eigenvalue weighted by Crippen LogP contribution is -2.14. The molecular weight excluding hydrogens is 284 g/mol. The number of carbonyl (C=O) groups excluding carboxylic acids is 1. The van der Waals surface area contributed by atoms with Crippen LogP contribution >= 0.6 is 0 Å². The zero-order valence-corrected chi connectivity index (χ0v) is 13.0. The summed E-state index contributed by atoms with van der Waals surface area (Å²) in [6.45, 7) is 2.03. The van der Waals surface area contributed by atoms with E-state index in [9.17, 15) is 4.79 Å². The molecule has 0 aliphatic rings. The Hall–Kier alpha value is -2.94. The molecule has 3 rings (SSSR count). The molecule has 0 spiro atoms. The van der Waals surface area contributed by atoms with Gasteiger partial charge < -0.3 is 10.7 Å². The predicted octanol–water partition coefficient (Wildman–Crippen LogP) is 4.57. The SMILES string of the molecule is Cc1ccc(CC(=O)Nc2ccc(C=N)c3ccccc23)cc1.[HH]. The van der Waals surface area contributed by atoms with E-state index in [1.54, 1.807) is 0 Å². The van der Waals surface area contributed by atoms with E-state index in [0.717, 1.165) is 27.6 Å². The highest BCUT2D eigenvalue weighted by Crippen LogP contribution is 2.26. The van der Waals surface area contributed by atoms with Gasteiger partial charge in [0.05, 0.1) is 6.42 Å². The van der Waals surface area contributed by atoms with Crippen LogP contribution in [0.25, 0.3) is 10.8 Å². The largest absolute Gasteiger partial charge is 0.325 e. The summed E-state index contributed by atoms with van der Waals surface area (Å²) in [6, 6.07) is 19.5. The summed E-state index contributed by atoms with van der Waals surface area (Å²) in [7, 11) is 0. The number of anilines is 1. The highest BCUT2D eigenvalue weighted by molar-refractivity contribution is 6.08. The molecule has 0 aliphatic heterocycles. The first-order valence-corrected chi connectivity index (χ1v) is 7.55. The zero-order valence-electron chi connectivity index (χ0n) is 13.0. The van der Waals surface area contributed by atoms with E-state index in [2.05, 4.69) is 5.32 Å². The van der Waals surface area contributed by atoms with Gasteiger partial charge in [0.15, 0.2) is 0 Å². The third kappa shape index (κ3) is 3.29. The Labute approximate surface area is 137 Å². The highest BCUT2D eigenvalue weighted by Gasteiger charge is 2.08. The number of amides is 1. The minimum atomic E-state index is -0.0402. The Morgan fingerprint density at radius 3 is 2.43 bits per heavy atom. The summed E-state index contributed by atoms with van der Waals surface area (Å²) in [5.41, 5.74) is 3.80. The third-order valence-electron chi connectivity index (χ3n) is 3.87. The van der Waals surface area contributed by atoms with Crippen LogP contribution in [0, 0.1) is 12.3 Å². The molecule has 3 aromatic carbocycles. The molecule has 23 heavy (non-hydrogen) atoms. The maximum Gasteiger partial charge on any atom is 0.228 e. The number of fused-ring (bicyclic) bond motifs is 1. The number of aryl methyl sites for hydroxylation is 1. The van der Waals surface area contributed by atoms with Crippen LogP contribution in [0.4, 0.5) is 5.69 Å². The van der Waals surface area contributed by atoms with Crippen molar-refractivity contribution in [2.75, 3.05) is 5.32 Å². The molecule has 0 saturated carbocycles. The molecule has 3 aromatic rings. The molecule has 0 aromatic heterocycles. The van der Waals surface area contributed by atoms with Crippen molar-refractivity contribution in [2.45, 2.75) is 13.3 Å². The van der Waals surface area contributed by atoms with E-state index >= 15 is 0 Å². The second-order valence-electron chi connectivity index (χ2n) is 5.60.